The maximum atomic E-state index is 12.3. The first-order valence-electron chi connectivity index (χ1n) is 3.50. The molecule has 0 aliphatic heterocycles. The van der Waals surface area contributed by atoms with Crippen molar-refractivity contribution in [2.75, 3.05) is 7.11 Å². The molecule has 74 valence electrons. The van der Waals surface area contributed by atoms with Crippen LogP contribution in [0, 0.1) is 11.3 Å². The van der Waals surface area contributed by atoms with Crippen LogP contribution in [0.25, 0.3) is 0 Å². The summed E-state index contributed by atoms with van der Waals surface area (Å²) in [6, 6.07) is 2.11. The Kier molecular flexibility index (Phi) is 2.60. The fraction of sp³-hybridized carbons (Fsp3) is 0.250. The fourth-order valence-corrected chi connectivity index (χ4v) is 0.871. The largest absolute Gasteiger partial charge is 0.481 e. The summed E-state index contributed by atoms with van der Waals surface area (Å²) < 4.78 is 41.5. The van der Waals surface area contributed by atoms with Gasteiger partial charge in [0, 0.05) is 12.3 Å². The number of ether oxygens (including phenoxy) is 1. The third-order valence-corrected chi connectivity index (χ3v) is 1.51. The molecule has 0 radical (unpaired) electrons. The van der Waals surface area contributed by atoms with Crippen molar-refractivity contribution in [2.45, 2.75) is 6.18 Å². The average molecular weight is 202 g/mol. The molecule has 0 atom stereocenters. The molecule has 6 heteroatoms. The number of nitrogens with zero attached hydrogens (tertiary/aromatic N) is 2. The van der Waals surface area contributed by atoms with Crippen molar-refractivity contribution in [3.05, 3.63) is 23.4 Å². The Morgan fingerprint density at radius 2 is 2.14 bits per heavy atom. The second-order valence-corrected chi connectivity index (χ2v) is 2.38. The van der Waals surface area contributed by atoms with E-state index in [0.717, 1.165) is 6.20 Å². The minimum absolute atomic E-state index is 0.170. The Balaban J connectivity index is 3.31. The van der Waals surface area contributed by atoms with Crippen LogP contribution in [0.15, 0.2) is 12.3 Å². The van der Waals surface area contributed by atoms with Crippen LogP contribution in [0.2, 0.25) is 0 Å². The summed E-state index contributed by atoms with van der Waals surface area (Å²) in [5.74, 6) is -0.170. The standard InChI is InChI=1S/C8H5F3N2O/c1-14-7-2-6(8(9,10)11)5(3-12)4-13-7/h2,4H,1H3. The molecule has 14 heavy (non-hydrogen) atoms. The summed E-state index contributed by atoms with van der Waals surface area (Å²) in [4.78, 5) is 3.50. The zero-order valence-corrected chi connectivity index (χ0v) is 7.09. The number of halogens is 3. The van der Waals surface area contributed by atoms with E-state index in [0.29, 0.717) is 6.07 Å². The lowest BCUT2D eigenvalue weighted by atomic mass is 10.1. The lowest BCUT2D eigenvalue weighted by Gasteiger charge is -2.08. The van der Waals surface area contributed by atoms with Gasteiger partial charge in [0.1, 0.15) is 6.07 Å². The van der Waals surface area contributed by atoms with Gasteiger partial charge in [-0.1, -0.05) is 0 Å². The molecule has 0 aliphatic rings. The molecule has 3 nitrogen and oxygen atoms in total. The van der Waals surface area contributed by atoms with Gasteiger partial charge in [0.25, 0.3) is 0 Å². The maximum absolute atomic E-state index is 12.3. The summed E-state index contributed by atoms with van der Waals surface area (Å²) >= 11 is 0. The minimum Gasteiger partial charge on any atom is -0.481 e. The van der Waals surface area contributed by atoms with E-state index in [1.807, 2.05) is 0 Å². The molecule has 0 bridgehead atoms. The number of nitriles is 1. The molecule has 1 rings (SSSR count). The number of hydrogen-bond acceptors (Lipinski definition) is 3. The van der Waals surface area contributed by atoms with E-state index >= 15 is 0 Å². The summed E-state index contributed by atoms with van der Waals surface area (Å²) in [7, 11) is 1.20. The van der Waals surface area contributed by atoms with Crippen LogP contribution in [0.4, 0.5) is 13.2 Å². The summed E-state index contributed by atoms with van der Waals surface area (Å²) in [5, 5.41) is 8.41. The van der Waals surface area contributed by atoms with E-state index in [2.05, 4.69) is 9.72 Å². The Morgan fingerprint density at radius 3 is 2.57 bits per heavy atom. The molecule has 0 unspecified atom stereocenters. The number of methoxy groups -OCH3 is 1. The van der Waals surface area contributed by atoms with Crippen molar-refractivity contribution in [1.29, 1.82) is 5.26 Å². The van der Waals surface area contributed by atoms with Crippen molar-refractivity contribution in [3.63, 3.8) is 0 Å². The van der Waals surface area contributed by atoms with Gasteiger partial charge in [0.2, 0.25) is 5.88 Å². The van der Waals surface area contributed by atoms with Gasteiger partial charge in [-0.3, -0.25) is 0 Å². The lowest BCUT2D eigenvalue weighted by Crippen LogP contribution is -2.08. The molecular weight excluding hydrogens is 197 g/mol. The first-order chi connectivity index (χ1) is 6.49. The predicted molar refractivity (Wildman–Crippen MR) is 40.5 cm³/mol. The highest BCUT2D eigenvalue weighted by Gasteiger charge is 2.34. The average Bonchev–Trinajstić information content (AvgIpc) is 2.15. The molecule has 0 aromatic carbocycles. The molecule has 1 heterocycles. The van der Waals surface area contributed by atoms with Gasteiger partial charge in [-0.2, -0.15) is 18.4 Å². The molecule has 0 N–H and O–H groups in total. The number of alkyl halides is 3. The monoisotopic (exact) mass is 202 g/mol. The number of hydrogen-bond donors (Lipinski definition) is 0. The van der Waals surface area contributed by atoms with Crippen molar-refractivity contribution in [1.82, 2.24) is 4.98 Å². The molecular formula is C8H5F3N2O. The Morgan fingerprint density at radius 1 is 1.50 bits per heavy atom. The second kappa shape index (κ2) is 3.54. The molecule has 0 spiro atoms. The van der Waals surface area contributed by atoms with Gasteiger partial charge >= 0.3 is 6.18 Å². The van der Waals surface area contributed by atoms with Crippen molar-refractivity contribution in [2.24, 2.45) is 0 Å². The third kappa shape index (κ3) is 1.93. The maximum Gasteiger partial charge on any atom is 0.417 e. The quantitative estimate of drug-likeness (QED) is 0.699. The SMILES string of the molecule is COc1cc(C(F)(F)F)c(C#N)cn1. The molecule has 0 aliphatic carbocycles. The van der Waals surface area contributed by atoms with E-state index < -0.39 is 17.3 Å². The van der Waals surface area contributed by atoms with E-state index in [9.17, 15) is 13.2 Å². The minimum atomic E-state index is -4.57. The smallest absolute Gasteiger partial charge is 0.417 e. The second-order valence-electron chi connectivity index (χ2n) is 2.38. The van der Waals surface area contributed by atoms with Crippen LogP contribution in [0.5, 0.6) is 5.88 Å². The predicted octanol–water partition coefficient (Wildman–Crippen LogP) is 1.98. The van der Waals surface area contributed by atoms with Crippen molar-refractivity contribution in [3.8, 4) is 11.9 Å². The van der Waals surface area contributed by atoms with E-state index in [1.54, 1.807) is 0 Å². The highest BCUT2D eigenvalue weighted by molar-refractivity contribution is 5.39. The van der Waals surface area contributed by atoms with Crippen LogP contribution in [0.1, 0.15) is 11.1 Å². The van der Waals surface area contributed by atoms with Gasteiger partial charge < -0.3 is 4.74 Å². The third-order valence-electron chi connectivity index (χ3n) is 1.51. The first kappa shape index (κ1) is 10.3. The molecule has 1 aromatic rings. The Bertz CT molecular complexity index is 381. The zero-order chi connectivity index (χ0) is 10.8. The molecule has 0 saturated carbocycles. The van der Waals surface area contributed by atoms with Crippen LogP contribution in [-0.2, 0) is 6.18 Å². The number of rotatable bonds is 1. The van der Waals surface area contributed by atoms with Gasteiger partial charge in [-0.25, -0.2) is 4.98 Å². The Labute approximate surface area is 77.7 Å². The van der Waals surface area contributed by atoms with Crippen molar-refractivity contribution < 1.29 is 17.9 Å². The lowest BCUT2D eigenvalue weighted by molar-refractivity contribution is -0.137. The first-order valence-corrected chi connectivity index (χ1v) is 3.50. The van der Waals surface area contributed by atoms with Crippen molar-refractivity contribution >= 4 is 0 Å². The van der Waals surface area contributed by atoms with E-state index in [-0.39, 0.29) is 5.88 Å². The number of aromatic nitrogens is 1. The van der Waals surface area contributed by atoms with Crippen LogP contribution in [-0.4, -0.2) is 12.1 Å². The summed E-state index contributed by atoms with van der Waals surface area (Å²) in [6.45, 7) is 0. The number of pyridine rings is 1. The topological polar surface area (TPSA) is 45.9 Å². The molecule has 0 fully saturated rings. The van der Waals surface area contributed by atoms with Crippen LogP contribution >= 0.6 is 0 Å². The summed E-state index contributed by atoms with van der Waals surface area (Å²) in [6.07, 6.45) is -3.73. The van der Waals surface area contributed by atoms with Gasteiger partial charge in [-0.05, 0) is 0 Å². The summed E-state index contributed by atoms with van der Waals surface area (Å²) in [5.41, 5.74) is -1.55. The fourth-order valence-electron chi connectivity index (χ4n) is 0.871. The van der Waals surface area contributed by atoms with E-state index in [4.69, 9.17) is 5.26 Å². The normalized spacial score (nSPS) is 10.8. The molecule has 0 saturated heterocycles. The molecule has 0 amide bonds. The highest BCUT2D eigenvalue weighted by Crippen LogP contribution is 2.32. The van der Waals surface area contributed by atoms with E-state index in [1.165, 1.54) is 13.2 Å². The zero-order valence-electron chi connectivity index (χ0n) is 7.09. The highest BCUT2D eigenvalue weighted by atomic mass is 19.4. The van der Waals surface area contributed by atoms with Crippen LogP contribution in [0.3, 0.4) is 0 Å². The van der Waals surface area contributed by atoms with Gasteiger partial charge in [0.05, 0.1) is 18.2 Å². The molecule has 1 aromatic heterocycles. The van der Waals surface area contributed by atoms with Crippen LogP contribution < -0.4 is 4.74 Å². The Hall–Kier alpha value is -1.77. The van der Waals surface area contributed by atoms with Gasteiger partial charge in [-0.15, -0.1) is 0 Å². The van der Waals surface area contributed by atoms with Gasteiger partial charge in [0.15, 0.2) is 0 Å².